The third kappa shape index (κ3) is 4.21. The molecule has 0 aliphatic heterocycles. The van der Waals surface area contributed by atoms with E-state index in [4.69, 9.17) is 11.6 Å². The van der Waals surface area contributed by atoms with Gasteiger partial charge < -0.3 is 10.3 Å². The van der Waals surface area contributed by atoms with Crippen LogP contribution in [0.15, 0.2) is 47.4 Å². The largest absolute Gasteiger partial charge is 0.416 e. The van der Waals surface area contributed by atoms with Crippen molar-refractivity contribution in [1.29, 1.82) is 0 Å². The lowest BCUT2D eigenvalue weighted by molar-refractivity contribution is -0.383. The van der Waals surface area contributed by atoms with E-state index in [-0.39, 0.29) is 6.54 Å². The summed E-state index contributed by atoms with van der Waals surface area (Å²) in [6, 6.07) is 7.31. The minimum absolute atomic E-state index is 0.0379. The molecule has 1 aromatic heterocycles. The van der Waals surface area contributed by atoms with E-state index in [2.05, 4.69) is 10.3 Å². The number of halogens is 4. The van der Waals surface area contributed by atoms with Crippen molar-refractivity contribution in [2.24, 2.45) is 0 Å². The van der Waals surface area contributed by atoms with Gasteiger partial charge in [-0.25, -0.2) is 0 Å². The van der Waals surface area contributed by atoms with Gasteiger partial charge in [0, 0.05) is 23.8 Å². The van der Waals surface area contributed by atoms with E-state index >= 15 is 0 Å². The Bertz CT molecular complexity index is 1170. The average molecular weight is 426 g/mol. The summed E-state index contributed by atoms with van der Waals surface area (Å²) in [7, 11) is 0. The van der Waals surface area contributed by atoms with E-state index in [0.717, 1.165) is 6.20 Å². The number of aromatic amines is 1. The number of amides is 1. The van der Waals surface area contributed by atoms with E-state index in [9.17, 15) is 32.9 Å². The van der Waals surface area contributed by atoms with Crippen LogP contribution in [0.4, 0.5) is 18.9 Å². The fraction of sp³-hybridized carbons (Fsp3) is 0.111. The summed E-state index contributed by atoms with van der Waals surface area (Å²) in [5.74, 6) is -0.844. The predicted molar refractivity (Wildman–Crippen MR) is 98.8 cm³/mol. The summed E-state index contributed by atoms with van der Waals surface area (Å²) in [5.41, 5.74) is -3.53. The van der Waals surface area contributed by atoms with Crippen LogP contribution in [0.3, 0.4) is 0 Å². The van der Waals surface area contributed by atoms with E-state index < -0.39 is 50.2 Å². The molecule has 0 saturated carbocycles. The van der Waals surface area contributed by atoms with Crippen molar-refractivity contribution < 1.29 is 22.9 Å². The molecule has 11 heteroatoms. The lowest BCUT2D eigenvalue weighted by Gasteiger charge is -2.10. The highest BCUT2D eigenvalue weighted by molar-refractivity contribution is 6.30. The van der Waals surface area contributed by atoms with Crippen LogP contribution in [0.5, 0.6) is 0 Å². The second-order valence-electron chi connectivity index (χ2n) is 6.01. The number of benzene rings is 2. The minimum Gasteiger partial charge on any atom is -0.355 e. The van der Waals surface area contributed by atoms with Gasteiger partial charge in [0.05, 0.1) is 15.9 Å². The van der Waals surface area contributed by atoms with Gasteiger partial charge in [0.25, 0.3) is 11.6 Å². The number of carbonyl (C=O) groups excluding carboxylic acids is 1. The number of nitrogens with zero attached hydrogens (tertiary/aromatic N) is 1. The Hall–Kier alpha value is -3.40. The van der Waals surface area contributed by atoms with Gasteiger partial charge >= 0.3 is 6.18 Å². The van der Waals surface area contributed by atoms with Crippen LogP contribution < -0.4 is 10.7 Å². The van der Waals surface area contributed by atoms with Crippen LogP contribution in [0, 0.1) is 10.1 Å². The zero-order chi connectivity index (χ0) is 21.3. The Morgan fingerprint density at radius 2 is 1.86 bits per heavy atom. The molecule has 0 fully saturated rings. The summed E-state index contributed by atoms with van der Waals surface area (Å²) in [4.78, 5) is 37.4. The van der Waals surface area contributed by atoms with E-state index in [0.29, 0.717) is 22.7 Å². The molecule has 2 aromatic carbocycles. The van der Waals surface area contributed by atoms with E-state index in [1.807, 2.05) is 0 Å². The number of fused-ring (bicyclic) bond motifs is 1. The number of alkyl halides is 3. The molecule has 0 radical (unpaired) electrons. The highest BCUT2D eigenvalue weighted by Gasteiger charge is 2.34. The third-order valence-corrected chi connectivity index (χ3v) is 4.35. The molecular weight excluding hydrogens is 415 g/mol. The smallest absolute Gasteiger partial charge is 0.355 e. The maximum absolute atomic E-state index is 13.1. The highest BCUT2D eigenvalue weighted by Crippen LogP contribution is 2.34. The lowest BCUT2D eigenvalue weighted by atomic mass is 10.1. The molecule has 0 spiro atoms. The van der Waals surface area contributed by atoms with Gasteiger partial charge in [0.2, 0.25) is 5.43 Å². The molecule has 3 rings (SSSR count). The fourth-order valence-corrected chi connectivity index (χ4v) is 2.79. The number of rotatable bonds is 4. The standard InChI is InChI=1S/C18H11ClF3N3O4/c19-11-3-1-9(2-4-11)7-24-17(27)13-8-23-15-12(16(13)26)5-10(18(20,21)22)6-14(15)25(28)29/h1-6,8H,7H2,(H,23,26)(H,24,27). The number of non-ortho nitro benzene ring substituents is 1. The summed E-state index contributed by atoms with van der Waals surface area (Å²) < 4.78 is 39.2. The summed E-state index contributed by atoms with van der Waals surface area (Å²) in [5, 5.41) is 13.5. The first-order valence-corrected chi connectivity index (χ1v) is 8.39. The molecule has 1 amide bonds. The summed E-state index contributed by atoms with van der Waals surface area (Å²) >= 11 is 5.77. The zero-order valence-corrected chi connectivity index (χ0v) is 15.1. The van der Waals surface area contributed by atoms with Crippen LogP contribution in [0.1, 0.15) is 21.5 Å². The quantitative estimate of drug-likeness (QED) is 0.486. The zero-order valence-electron chi connectivity index (χ0n) is 14.3. The molecule has 3 aromatic rings. The van der Waals surface area contributed by atoms with Gasteiger partial charge in [0.1, 0.15) is 11.1 Å². The molecule has 150 valence electrons. The third-order valence-electron chi connectivity index (χ3n) is 4.10. The number of nitrogens with one attached hydrogen (secondary N) is 2. The number of hydrogen-bond donors (Lipinski definition) is 2. The second-order valence-corrected chi connectivity index (χ2v) is 6.45. The number of nitro groups is 1. The van der Waals surface area contributed by atoms with Crippen LogP contribution in [0.2, 0.25) is 5.02 Å². The van der Waals surface area contributed by atoms with Gasteiger partial charge in [-0.2, -0.15) is 13.2 Å². The van der Waals surface area contributed by atoms with Crippen molar-refractivity contribution >= 4 is 34.1 Å². The van der Waals surface area contributed by atoms with Crippen LogP contribution in [0.25, 0.3) is 10.9 Å². The Morgan fingerprint density at radius 1 is 1.21 bits per heavy atom. The second kappa shape index (κ2) is 7.55. The van der Waals surface area contributed by atoms with Crippen molar-refractivity contribution in [2.75, 3.05) is 0 Å². The van der Waals surface area contributed by atoms with Crippen molar-refractivity contribution in [1.82, 2.24) is 10.3 Å². The van der Waals surface area contributed by atoms with E-state index in [1.54, 1.807) is 24.3 Å². The highest BCUT2D eigenvalue weighted by atomic mass is 35.5. The molecule has 0 bridgehead atoms. The number of nitro benzene ring substituents is 1. The number of H-pyrrole nitrogens is 1. The normalized spacial score (nSPS) is 11.4. The summed E-state index contributed by atoms with van der Waals surface area (Å²) in [6.07, 6.45) is -3.97. The molecular formula is C18H11ClF3N3O4. The Balaban J connectivity index is 2.02. The molecule has 2 N–H and O–H groups in total. The number of aromatic nitrogens is 1. The first kappa shape index (κ1) is 20.3. The average Bonchev–Trinajstić information content (AvgIpc) is 2.66. The molecule has 0 aliphatic rings. The van der Waals surface area contributed by atoms with Gasteiger partial charge in [0.15, 0.2) is 0 Å². The molecule has 0 atom stereocenters. The van der Waals surface area contributed by atoms with Gasteiger partial charge in [-0.15, -0.1) is 0 Å². The Kier molecular flexibility index (Phi) is 5.29. The lowest BCUT2D eigenvalue weighted by Crippen LogP contribution is -2.28. The van der Waals surface area contributed by atoms with Crippen molar-refractivity contribution in [2.45, 2.75) is 12.7 Å². The van der Waals surface area contributed by atoms with Gasteiger partial charge in [-0.1, -0.05) is 23.7 Å². The van der Waals surface area contributed by atoms with Crippen molar-refractivity contribution in [3.63, 3.8) is 0 Å². The maximum Gasteiger partial charge on any atom is 0.416 e. The molecule has 0 aliphatic carbocycles. The minimum atomic E-state index is -4.90. The molecule has 7 nitrogen and oxygen atoms in total. The van der Waals surface area contributed by atoms with Gasteiger partial charge in [-0.05, 0) is 23.8 Å². The Labute approximate surface area is 165 Å². The molecule has 1 heterocycles. The number of hydrogen-bond acceptors (Lipinski definition) is 4. The van der Waals surface area contributed by atoms with Crippen molar-refractivity contribution in [3.05, 3.63) is 84.6 Å². The monoisotopic (exact) mass is 425 g/mol. The van der Waals surface area contributed by atoms with Crippen LogP contribution in [-0.2, 0) is 12.7 Å². The van der Waals surface area contributed by atoms with Crippen molar-refractivity contribution in [3.8, 4) is 0 Å². The van der Waals surface area contributed by atoms with Crippen LogP contribution in [-0.4, -0.2) is 15.8 Å². The number of pyridine rings is 1. The van der Waals surface area contributed by atoms with Crippen LogP contribution >= 0.6 is 11.6 Å². The first-order valence-electron chi connectivity index (χ1n) is 8.01. The molecule has 0 saturated heterocycles. The SMILES string of the molecule is O=C(NCc1ccc(Cl)cc1)c1c[nH]c2c([N+](=O)[O-])cc(C(F)(F)F)cc2c1=O. The molecule has 29 heavy (non-hydrogen) atoms. The summed E-state index contributed by atoms with van der Waals surface area (Å²) in [6.45, 7) is 0.0379. The Morgan fingerprint density at radius 3 is 2.45 bits per heavy atom. The first-order chi connectivity index (χ1) is 13.6. The van der Waals surface area contributed by atoms with E-state index in [1.165, 1.54) is 0 Å². The fourth-order valence-electron chi connectivity index (χ4n) is 2.67. The van der Waals surface area contributed by atoms with Gasteiger partial charge in [-0.3, -0.25) is 19.7 Å². The number of carbonyl (C=O) groups is 1. The topological polar surface area (TPSA) is 105 Å². The predicted octanol–water partition coefficient (Wildman–Crippen LogP) is 4.04. The maximum atomic E-state index is 13.1. The molecule has 0 unspecified atom stereocenters.